The van der Waals surface area contributed by atoms with Gasteiger partial charge in [-0.2, -0.15) is 0 Å². The van der Waals surface area contributed by atoms with Gasteiger partial charge in [-0.15, -0.1) is 0 Å². The summed E-state index contributed by atoms with van der Waals surface area (Å²) < 4.78 is 0. The lowest BCUT2D eigenvalue weighted by molar-refractivity contribution is -0.116. The Morgan fingerprint density at radius 1 is 1.18 bits per heavy atom. The molecule has 2 aliphatic heterocycles. The third kappa shape index (κ3) is 4.23. The molecule has 2 N–H and O–H groups in total. The lowest BCUT2D eigenvalue weighted by Crippen LogP contribution is -2.27. The first-order valence-corrected chi connectivity index (χ1v) is 8.69. The van der Waals surface area contributed by atoms with Crippen LogP contribution in [0.1, 0.15) is 44.9 Å². The van der Waals surface area contributed by atoms with Crippen molar-refractivity contribution in [1.29, 1.82) is 0 Å². The predicted molar refractivity (Wildman–Crippen MR) is 91.4 cm³/mol. The second-order valence-corrected chi connectivity index (χ2v) is 6.50. The van der Waals surface area contributed by atoms with E-state index in [9.17, 15) is 4.79 Å². The molecule has 1 aromatic rings. The van der Waals surface area contributed by atoms with Crippen LogP contribution >= 0.6 is 0 Å². The van der Waals surface area contributed by atoms with Gasteiger partial charge < -0.3 is 15.5 Å². The second-order valence-electron chi connectivity index (χ2n) is 6.50. The standard InChI is InChI=1S/C18H27N3O/c22-18(14-15-8-6-10-19-15)20-16-7-5-9-17(13-16)21-11-3-1-2-4-12-21/h5,7,9,13,15,19H,1-4,6,8,10-12,14H2,(H,20,22). The maximum absolute atomic E-state index is 12.1. The van der Waals surface area contributed by atoms with E-state index in [-0.39, 0.29) is 5.91 Å². The molecule has 120 valence electrons. The SMILES string of the molecule is O=C(CC1CCCN1)Nc1cccc(N2CCCCCC2)c1. The number of amides is 1. The molecule has 0 radical (unpaired) electrons. The van der Waals surface area contributed by atoms with Crippen molar-refractivity contribution in [3.63, 3.8) is 0 Å². The Labute approximate surface area is 133 Å². The van der Waals surface area contributed by atoms with E-state index in [1.807, 2.05) is 12.1 Å². The van der Waals surface area contributed by atoms with Gasteiger partial charge in [0.1, 0.15) is 0 Å². The summed E-state index contributed by atoms with van der Waals surface area (Å²) in [5.74, 6) is 0.118. The number of carbonyl (C=O) groups excluding carboxylic acids is 1. The van der Waals surface area contributed by atoms with Gasteiger partial charge in [-0.25, -0.2) is 0 Å². The third-order valence-electron chi connectivity index (χ3n) is 4.70. The van der Waals surface area contributed by atoms with Crippen LogP contribution in [0.4, 0.5) is 11.4 Å². The van der Waals surface area contributed by atoms with Crippen LogP contribution in [0.25, 0.3) is 0 Å². The summed E-state index contributed by atoms with van der Waals surface area (Å²) in [5, 5.41) is 6.43. The quantitative estimate of drug-likeness (QED) is 0.898. The van der Waals surface area contributed by atoms with E-state index >= 15 is 0 Å². The number of nitrogens with one attached hydrogen (secondary N) is 2. The van der Waals surface area contributed by atoms with Crippen molar-refractivity contribution < 1.29 is 4.79 Å². The van der Waals surface area contributed by atoms with Crippen LogP contribution < -0.4 is 15.5 Å². The summed E-state index contributed by atoms with van der Waals surface area (Å²) >= 11 is 0. The van der Waals surface area contributed by atoms with Crippen molar-refractivity contribution in [2.75, 3.05) is 29.9 Å². The molecular formula is C18H27N3O. The molecule has 0 bridgehead atoms. The van der Waals surface area contributed by atoms with Crippen LogP contribution in [0.2, 0.25) is 0 Å². The Balaban J connectivity index is 1.59. The monoisotopic (exact) mass is 301 g/mol. The molecular weight excluding hydrogens is 274 g/mol. The van der Waals surface area contributed by atoms with Gasteiger partial charge in [0.25, 0.3) is 0 Å². The van der Waals surface area contributed by atoms with E-state index in [4.69, 9.17) is 0 Å². The largest absolute Gasteiger partial charge is 0.371 e. The normalized spacial score (nSPS) is 22.4. The zero-order valence-corrected chi connectivity index (χ0v) is 13.3. The van der Waals surface area contributed by atoms with Crippen LogP contribution in [-0.2, 0) is 4.79 Å². The summed E-state index contributed by atoms with van der Waals surface area (Å²) in [6, 6.07) is 8.66. The highest BCUT2D eigenvalue weighted by Gasteiger charge is 2.18. The fourth-order valence-electron chi connectivity index (χ4n) is 3.48. The molecule has 0 aliphatic carbocycles. The van der Waals surface area contributed by atoms with Crippen LogP contribution in [0.5, 0.6) is 0 Å². The van der Waals surface area contributed by atoms with E-state index in [1.54, 1.807) is 0 Å². The molecule has 2 saturated heterocycles. The number of rotatable bonds is 4. The van der Waals surface area contributed by atoms with Gasteiger partial charge in [0.05, 0.1) is 0 Å². The topological polar surface area (TPSA) is 44.4 Å². The number of nitrogens with zero attached hydrogens (tertiary/aromatic N) is 1. The number of anilines is 2. The Kier molecular flexibility index (Phi) is 5.33. The van der Waals surface area contributed by atoms with E-state index in [1.165, 1.54) is 37.8 Å². The molecule has 4 nitrogen and oxygen atoms in total. The molecule has 1 unspecified atom stereocenters. The van der Waals surface area contributed by atoms with Gasteiger partial charge in [0, 0.05) is 36.9 Å². The van der Waals surface area contributed by atoms with Gasteiger partial charge in [0.2, 0.25) is 5.91 Å². The molecule has 0 aromatic heterocycles. The first-order chi connectivity index (χ1) is 10.8. The highest BCUT2D eigenvalue weighted by Crippen LogP contribution is 2.23. The van der Waals surface area contributed by atoms with E-state index in [2.05, 4.69) is 27.7 Å². The summed E-state index contributed by atoms with van der Waals surface area (Å²) in [5.41, 5.74) is 2.16. The summed E-state index contributed by atoms with van der Waals surface area (Å²) in [6.45, 7) is 3.30. The number of benzene rings is 1. The van der Waals surface area contributed by atoms with E-state index in [0.717, 1.165) is 31.7 Å². The Morgan fingerprint density at radius 2 is 2.00 bits per heavy atom. The highest BCUT2D eigenvalue weighted by molar-refractivity contribution is 5.91. The number of hydrogen-bond acceptors (Lipinski definition) is 3. The Bertz CT molecular complexity index is 489. The van der Waals surface area contributed by atoms with Crippen molar-refractivity contribution >= 4 is 17.3 Å². The molecule has 0 saturated carbocycles. The minimum absolute atomic E-state index is 0.118. The molecule has 4 heteroatoms. The van der Waals surface area contributed by atoms with Gasteiger partial charge >= 0.3 is 0 Å². The lowest BCUT2D eigenvalue weighted by atomic mass is 10.1. The highest BCUT2D eigenvalue weighted by atomic mass is 16.1. The average molecular weight is 301 g/mol. The van der Waals surface area contributed by atoms with Crippen molar-refractivity contribution in [2.24, 2.45) is 0 Å². The van der Waals surface area contributed by atoms with Crippen molar-refractivity contribution in [3.05, 3.63) is 24.3 Å². The summed E-state index contributed by atoms with van der Waals surface area (Å²) in [6.07, 6.45) is 8.08. The minimum Gasteiger partial charge on any atom is -0.371 e. The molecule has 2 fully saturated rings. The molecule has 2 aliphatic rings. The fraction of sp³-hybridized carbons (Fsp3) is 0.611. The molecule has 1 amide bonds. The molecule has 1 atom stereocenters. The average Bonchev–Trinajstić information content (AvgIpc) is 2.87. The van der Waals surface area contributed by atoms with Crippen LogP contribution in [0.3, 0.4) is 0 Å². The predicted octanol–water partition coefficient (Wildman–Crippen LogP) is 3.15. The van der Waals surface area contributed by atoms with Gasteiger partial charge in [-0.05, 0) is 50.4 Å². The fourth-order valence-corrected chi connectivity index (χ4v) is 3.48. The molecule has 2 heterocycles. The maximum atomic E-state index is 12.1. The Hall–Kier alpha value is -1.55. The second kappa shape index (κ2) is 7.63. The number of hydrogen-bond donors (Lipinski definition) is 2. The number of carbonyl (C=O) groups is 1. The lowest BCUT2D eigenvalue weighted by Gasteiger charge is -2.23. The van der Waals surface area contributed by atoms with Crippen LogP contribution in [0, 0.1) is 0 Å². The van der Waals surface area contributed by atoms with Crippen molar-refractivity contribution in [1.82, 2.24) is 5.32 Å². The minimum atomic E-state index is 0.118. The van der Waals surface area contributed by atoms with E-state index < -0.39 is 0 Å². The molecule has 0 spiro atoms. The van der Waals surface area contributed by atoms with Gasteiger partial charge in [-0.1, -0.05) is 18.9 Å². The smallest absolute Gasteiger partial charge is 0.225 e. The van der Waals surface area contributed by atoms with Crippen LogP contribution in [-0.4, -0.2) is 31.6 Å². The summed E-state index contributed by atoms with van der Waals surface area (Å²) in [7, 11) is 0. The van der Waals surface area contributed by atoms with Gasteiger partial charge in [-0.3, -0.25) is 4.79 Å². The first kappa shape index (κ1) is 15.3. The maximum Gasteiger partial charge on any atom is 0.225 e. The zero-order chi connectivity index (χ0) is 15.2. The van der Waals surface area contributed by atoms with E-state index in [0.29, 0.717) is 12.5 Å². The van der Waals surface area contributed by atoms with Gasteiger partial charge in [0.15, 0.2) is 0 Å². The molecule has 1 aromatic carbocycles. The summed E-state index contributed by atoms with van der Waals surface area (Å²) in [4.78, 5) is 14.6. The van der Waals surface area contributed by atoms with Crippen molar-refractivity contribution in [2.45, 2.75) is 51.0 Å². The third-order valence-corrected chi connectivity index (χ3v) is 4.70. The van der Waals surface area contributed by atoms with Crippen molar-refractivity contribution in [3.8, 4) is 0 Å². The molecule has 22 heavy (non-hydrogen) atoms. The zero-order valence-electron chi connectivity index (χ0n) is 13.3. The molecule has 3 rings (SSSR count). The first-order valence-electron chi connectivity index (χ1n) is 8.69. The van der Waals surface area contributed by atoms with Crippen LogP contribution in [0.15, 0.2) is 24.3 Å². The Morgan fingerprint density at radius 3 is 2.73 bits per heavy atom.